The van der Waals surface area contributed by atoms with Crippen LogP contribution in [0.5, 0.6) is 0 Å². The second kappa shape index (κ2) is 5.33. The lowest BCUT2D eigenvalue weighted by molar-refractivity contribution is 0.0912. The minimum atomic E-state index is -0.602. The van der Waals surface area contributed by atoms with Crippen molar-refractivity contribution in [3.63, 3.8) is 0 Å². The molecular weight excluding hydrogens is 255 g/mol. The molecule has 0 unspecified atom stereocenters. The Bertz CT molecular complexity index is 621. The van der Waals surface area contributed by atoms with Crippen LogP contribution < -0.4 is 11.1 Å². The van der Waals surface area contributed by atoms with Crippen molar-refractivity contribution in [1.29, 1.82) is 0 Å². The summed E-state index contributed by atoms with van der Waals surface area (Å²) in [6, 6.07) is 12.9. The zero-order valence-electron chi connectivity index (χ0n) is 11.5. The number of amides is 1. The van der Waals surface area contributed by atoms with Crippen molar-refractivity contribution in [2.24, 2.45) is 0 Å². The quantitative estimate of drug-likeness (QED) is 0.844. The number of nitrogens with one attached hydrogen (secondary N) is 1. The van der Waals surface area contributed by atoms with Crippen LogP contribution in [0.3, 0.4) is 0 Å². The van der Waals surface area contributed by atoms with Crippen LogP contribution in [0.4, 0.5) is 10.1 Å². The van der Waals surface area contributed by atoms with Gasteiger partial charge in [-0.3, -0.25) is 4.79 Å². The van der Waals surface area contributed by atoms with Crippen molar-refractivity contribution in [2.45, 2.75) is 19.4 Å². The van der Waals surface area contributed by atoms with E-state index in [4.69, 9.17) is 5.73 Å². The highest BCUT2D eigenvalue weighted by molar-refractivity contribution is 5.95. The second-order valence-electron chi connectivity index (χ2n) is 5.21. The van der Waals surface area contributed by atoms with E-state index >= 15 is 0 Å². The van der Waals surface area contributed by atoms with Gasteiger partial charge >= 0.3 is 0 Å². The van der Waals surface area contributed by atoms with Gasteiger partial charge < -0.3 is 11.1 Å². The summed E-state index contributed by atoms with van der Waals surface area (Å²) in [5, 5.41) is 2.92. The Balaban J connectivity index is 2.19. The molecule has 3 nitrogen and oxygen atoms in total. The third-order valence-corrected chi connectivity index (χ3v) is 3.14. The predicted octanol–water partition coefficient (Wildman–Crippen LogP) is 3.07. The molecule has 3 N–H and O–H groups in total. The summed E-state index contributed by atoms with van der Waals surface area (Å²) in [7, 11) is 0. The normalized spacial score (nSPS) is 11.2. The monoisotopic (exact) mass is 272 g/mol. The molecule has 0 aliphatic rings. The Labute approximate surface area is 117 Å². The molecule has 0 radical (unpaired) electrons. The molecule has 2 rings (SSSR count). The summed E-state index contributed by atoms with van der Waals surface area (Å²) in [6.45, 7) is 3.73. The molecule has 0 bridgehead atoms. The van der Waals surface area contributed by atoms with Crippen molar-refractivity contribution in [2.75, 3.05) is 5.73 Å². The van der Waals surface area contributed by atoms with Crippen molar-refractivity contribution in [1.82, 2.24) is 5.32 Å². The molecule has 2 aromatic carbocycles. The molecule has 0 aliphatic heterocycles. The Morgan fingerprint density at radius 2 is 1.80 bits per heavy atom. The number of carbonyl (C=O) groups excluding carboxylic acids is 1. The molecular formula is C16H17FN2O. The van der Waals surface area contributed by atoms with Gasteiger partial charge in [-0.2, -0.15) is 0 Å². The van der Waals surface area contributed by atoms with Gasteiger partial charge in [-0.1, -0.05) is 18.2 Å². The van der Waals surface area contributed by atoms with E-state index in [1.165, 1.54) is 12.1 Å². The van der Waals surface area contributed by atoms with E-state index < -0.39 is 5.54 Å². The number of carbonyl (C=O) groups is 1. The van der Waals surface area contributed by atoms with Gasteiger partial charge in [-0.25, -0.2) is 4.39 Å². The lowest BCUT2D eigenvalue weighted by Crippen LogP contribution is -2.41. The van der Waals surface area contributed by atoms with Crippen LogP contribution in [-0.2, 0) is 5.54 Å². The number of rotatable bonds is 3. The number of anilines is 1. The summed E-state index contributed by atoms with van der Waals surface area (Å²) in [5.41, 5.74) is 6.93. The lowest BCUT2D eigenvalue weighted by atomic mass is 9.94. The van der Waals surface area contributed by atoms with E-state index in [1.54, 1.807) is 36.4 Å². The van der Waals surface area contributed by atoms with Crippen LogP contribution >= 0.6 is 0 Å². The third kappa shape index (κ3) is 3.15. The van der Waals surface area contributed by atoms with Gasteiger partial charge in [0.1, 0.15) is 5.82 Å². The molecule has 104 valence electrons. The largest absolute Gasteiger partial charge is 0.399 e. The summed E-state index contributed by atoms with van der Waals surface area (Å²) in [4.78, 5) is 12.2. The third-order valence-electron chi connectivity index (χ3n) is 3.14. The molecule has 0 aromatic heterocycles. The maximum atomic E-state index is 12.9. The first-order valence-electron chi connectivity index (χ1n) is 6.32. The van der Waals surface area contributed by atoms with Gasteiger partial charge in [0, 0.05) is 11.3 Å². The molecule has 0 atom stereocenters. The Kier molecular flexibility index (Phi) is 3.74. The first-order valence-corrected chi connectivity index (χ1v) is 6.32. The second-order valence-corrected chi connectivity index (χ2v) is 5.21. The number of hydrogen-bond donors (Lipinski definition) is 2. The minimum absolute atomic E-state index is 0.216. The molecule has 0 fully saturated rings. The van der Waals surface area contributed by atoms with Crippen molar-refractivity contribution in [3.8, 4) is 0 Å². The van der Waals surface area contributed by atoms with Gasteiger partial charge in [0.2, 0.25) is 0 Å². The van der Waals surface area contributed by atoms with Crippen molar-refractivity contribution >= 4 is 11.6 Å². The molecule has 1 amide bonds. The van der Waals surface area contributed by atoms with E-state index in [2.05, 4.69) is 5.32 Å². The summed E-state index contributed by atoms with van der Waals surface area (Å²) in [5.74, 6) is -0.515. The number of benzene rings is 2. The fourth-order valence-electron chi connectivity index (χ4n) is 1.97. The predicted molar refractivity (Wildman–Crippen MR) is 77.7 cm³/mol. The molecule has 0 saturated carbocycles. The maximum absolute atomic E-state index is 12.9. The van der Waals surface area contributed by atoms with E-state index in [-0.39, 0.29) is 11.7 Å². The Morgan fingerprint density at radius 1 is 1.15 bits per heavy atom. The Hall–Kier alpha value is -2.36. The number of hydrogen-bond acceptors (Lipinski definition) is 2. The van der Waals surface area contributed by atoms with Crippen LogP contribution in [-0.4, -0.2) is 5.91 Å². The molecule has 0 heterocycles. The molecule has 4 heteroatoms. The molecule has 0 spiro atoms. The Morgan fingerprint density at radius 3 is 2.40 bits per heavy atom. The smallest absolute Gasteiger partial charge is 0.252 e. The molecule has 0 aliphatic carbocycles. The highest BCUT2D eigenvalue weighted by Crippen LogP contribution is 2.21. The first-order chi connectivity index (χ1) is 9.38. The zero-order valence-corrected chi connectivity index (χ0v) is 11.5. The number of halogens is 1. The van der Waals surface area contributed by atoms with Gasteiger partial charge in [0.05, 0.1) is 5.54 Å². The van der Waals surface area contributed by atoms with Crippen LogP contribution in [0, 0.1) is 5.82 Å². The van der Waals surface area contributed by atoms with Crippen LogP contribution in [0.1, 0.15) is 29.8 Å². The maximum Gasteiger partial charge on any atom is 0.252 e. The fraction of sp³-hybridized carbons (Fsp3) is 0.188. The summed E-state index contributed by atoms with van der Waals surface area (Å²) >= 11 is 0. The van der Waals surface area contributed by atoms with Crippen LogP contribution in [0.2, 0.25) is 0 Å². The van der Waals surface area contributed by atoms with Gasteiger partial charge in [0.25, 0.3) is 5.91 Å². The van der Waals surface area contributed by atoms with Gasteiger partial charge in [-0.15, -0.1) is 0 Å². The van der Waals surface area contributed by atoms with E-state index in [0.717, 1.165) is 5.56 Å². The zero-order chi connectivity index (χ0) is 14.8. The van der Waals surface area contributed by atoms with E-state index in [9.17, 15) is 9.18 Å². The average Bonchev–Trinajstić information content (AvgIpc) is 2.38. The van der Waals surface area contributed by atoms with E-state index in [1.807, 2.05) is 13.8 Å². The first kappa shape index (κ1) is 14.1. The topological polar surface area (TPSA) is 55.1 Å². The fourth-order valence-corrected chi connectivity index (χ4v) is 1.97. The summed E-state index contributed by atoms with van der Waals surface area (Å²) < 4.78 is 12.9. The van der Waals surface area contributed by atoms with Crippen LogP contribution in [0.15, 0.2) is 48.5 Å². The minimum Gasteiger partial charge on any atom is -0.399 e. The molecule has 2 aromatic rings. The highest BCUT2D eigenvalue weighted by atomic mass is 19.1. The summed E-state index contributed by atoms with van der Waals surface area (Å²) in [6.07, 6.45) is 0. The number of nitrogens with two attached hydrogens (primary N) is 1. The van der Waals surface area contributed by atoms with Crippen LogP contribution in [0.25, 0.3) is 0 Å². The molecule has 20 heavy (non-hydrogen) atoms. The number of nitrogen functional groups attached to an aromatic ring is 1. The van der Waals surface area contributed by atoms with Gasteiger partial charge in [0.15, 0.2) is 0 Å². The molecule has 0 saturated heterocycles. The van der Waals surface area contributed by atoms with Gasteiger partial charge in [-0.05, 0) is 49.7 Å². The standard InChI is InChI=1S/C16H17FN2O/c1-16(2,12-6-8-13(17)9-7-12)19-15(20)11-4-3-5-14(18)10-11/h3-10H,18H2,1-2H3,(H,19,20). The average molecular weight is 272 g/mol. The SMILES string of the molecule is CC(C)(NC(=O)c1cccc(N)c1)c1ccc(F)cc1. The van der Waals surface area contributed by atoms with E-state index in [0.29, 0.717) is 11.3 Å². The van der Waals surface area contributed by atoms with Crippen molar-refractivity contribution in [3.05, 3.63) is 65.5 Å². The highest BCUT2D eigenvalue weighted by Gasteiger charge is 2.23. The van der Waals surface area contributed by atoms with Crippen molar-refractivity contribution < 1.29 is 9.18 Å². The lowest BCUT2D eigenvalue weighted by Gasteiger charge is -2.27.